The summed E-state index contributed by atoms with van der Waals surface area (Å²) in [5.74, 6) is -1.59. The summed E-state index contributed by atoms with van der Waals surface area (Å²) in [5, 5.41) is 13.9. The molecule has 0 aliphatic heterocycles. The molecule has 0 radical (unpaired) electrons. The van der Waals surface area contributed by atoms with Gasteiger partial charge in [-0.25, -0.2) is 9.18 Å². The van der Waals surface area contributed by atoms with Crippen molar-refractivity contribution in [2.24, 2.45) is 5.92 Å². The number of aliphatic carboxylic acids is 1. The molecule has 1 unspecified atom stereocenters. The van der Waals surface area contributed by atoms with Crippen molar-refractivity contribution in [1.29, 1.82) is 0 Å². The molecule has 0 bridgehead atoms. The van der Waals surface area contributed by atoms with E-state index in [2.05, 4.69) is 10.6 Å². The highest BCUT2D eigenvalue weighted by molar-refractivity contribution is 6.33. The van der Waals surface area contributed by atoms with Crippen molar-refractivity contribution in [3.63, 3.8) is 0 Å². The van der Waals surface area contributed by atoms with E-state index in [1.165, 1.54) is 12.1 Å². The molecular formula is C13H16ClFN2O3. The standard InChI is InChI=1S/C13H16ClFN2O3/c1-7(2)10(6-12(18)19)16-13(20)17-11-5-8(15)3-4-9(11)14/h3-5,7,10H,6H2,1-2H3,(H,18,19)(H2,16,17,20). The van der Waals surface area contributed by atoms with Crippen molar-refractivity contribution in [2.45, 2.75) is 26.3 Å². The number of urea groups is 1. The second-order valence-corrected chi connectivity index (χ2v) is 5.08. The zero-order valence-electron chi connectivity index (χ0n) is 11.1. The Balaban J connectivity index is 2.70. The van der Waals surface area contributed by atoms with E-state index in [1.54, 1.807) is 13.8 Å². The van der Waals surface area contributed by atoms with Crippen LogP contribution in [0.2, 0.25) is 5.02 Å². The summed E-state index contributed by atoms with van der Waals surface area (Å²) in [6.07, 6.45) is -0.192. The Bertz CT molecular complexity index is 508. The molecule has 0 saturated heterocycles. The van der Waals surface area contributed by atoms with Crippen molar-refractivity contribution in [2.75, 3.05) is 5.32 Å². The number of hydrogen-bond acceptors (Lipinski definition) is 2. The smallest absolute Gasteiger partial charge is 0.319 e. The van der Waals surface area contributed by atoms with Crippen LogP contribution in [0, 0.1) is 11.7 Å². The molecule has 1 atom stereocenters. The Labute approximate surface area is 121 Å². The van der Waals surface area contributed by atoms with Gasteiger partial charge in [0.15, 0.2) is 0 Å². The van der Waals surface area contributed by atoms with Crippen molar-refractivity contribution >= 4 is 29.3 Å². The summed E-state index contributed by atoms with van der Waals surface area (Å²) in [4.78, 5) is 22.5. The molecule has 1 aromatic carbocycles. The number of carboxylic acid groups (broad SMARTS) is 1. The number of halogens is 2. The van der Waals surface area contributed by atoms with E-state index in [-0.39, 0.29) is 23.0 Å². The van der Waals surface area contributed by atoms with E-state index in [0.717, 1.165) is 6.07 Å². The molecule has 1 rings (SSSR count). The lowest BCUT2D eigenvalue weighted by atomic mass is 10.0. The topological polar surface area (TPSA) is 78.4 Å². The molecule has 2 amide bonds. The number of amides is 2. The van der Waals surface area contributed by atoms with Gasteiger partial charge in [-0.2, -0.15) is 0 Å². The Kier molecular flexibility index (Phi) is 5.76. The van der Waals surface area contributed by atoms with Gasteiger partial charge in [-0.05, 0) is 24.1 Å². The molecular weight excluding hydrogens is 287 g/mol. The average Bonchev–Trinajstić information content (AvgIpc) is 2.32. The van der Waals surface area contributed by atoms with Crippen LogP contribution in [0.1, 0.15) is 20.3 Å². The van der Waals surface area contributed by atoms with Crippen molar-refractivity contribution in [3.8, 4) is 0 Å². The normalized spacial score (nSPS) is 12.1. The van der Waals surface area contributed by atoms with Crippen LogP contribution in [-0.2, 0) is 4.79 Å². The van der Waals surface area contributed by atoms with Gasteiger partial charge in [0, 0.05) is 6.04 Å². The molecule has 0 fully saturated rings. The highest BCUT2D eigenvalue weighted by Crippen LogP contribution is 2.22. The van der Waals surface area contributed by atoms with E-state index < -0.39 is 23.9 Å². The zero-order chi connectivity index (χ0) is 15.3. The van der Waals surface area contributed by atoms with Gasteiger partial charge in [0.25, 0.3) is 0 Å². The Morgan fingerprint density at radius 2 is 2.05 bits per heavy atom. The first kappa shape index (κ1) is 16.2. The van der Waals surface area contributed by atoms with E-state index >= 15 is 0 Å². The average molecular weight is 303 g/mol. The summed E-state index contributed by atoms with van der Waals surface area (Å²) in [6, 6.07) is 2.43. The molecule has 7 heteroatoms. The molecule has 3 N–H and O–H groups in total. The fraction of sp³-hybridized carbons (Fsp3) is 0.385. The van der Waals surface area contributed by atoms with Gasteiger partial charge >= 0.3 is 12.0 Å². The second-order valence-electron chi connectivity index (χ2n) is 4.67. The zero-order valence-corrected chi connectivity index (χ0v) is 11.9. The number of nitrogens with one attached hydrogen (secondary N) is 2. The molecule has 0 heterocycles. The first-order valence-corrected chi connectivity index (χ1v) is 6.41. The lowest BCUT2D eigenvalue weighted by molar-refractivity contribution is -0.137. The fourth-order valence-corrected chi connectivity index (χ4v) is 1.73. The number of carboxylic acids is 1. The third-order valence-corrected chi connectivity index (χ3v) is 3.02. The summed E-state index contributed by atoms with van der Waals surface area (Å²) in [6.45, 7) is 3.59. The molecule has 5 nitrogen and oxygen atoms in total. The number of rotatable bonds is 5. The van der Waals surface area contributed by atoms with Gasteiger partial charge in [0.05, 0.1) is 17.1 Å². The first-order valence-electron chi connectivity index (χ1n) is 6.04. The summed E-state index contributed by atoms with van der Waals surface area (Å²) in [5.41, 5.74) is 0.127. The predicted molar refractivity (Wildman–Crippen MR) is 74.4 cm³/mol. The van der Waals surface area contributed by atoms with Crippen LogP contribution < -0.4 is 10.6 Å². The number of benzene rings is 1. The number of anilines is 1. The van der Waals surface area contributed by atoms with Crippen molar-refractivity contribution in [1.82, 2.24) is 5.32 Å². The quantitative estimate of drug-likeness (QED) is 0.782. The minimum atomic E-state index is -1.01. The van der Waals surface area contributed by atoms with Crippen LogP contribution in [0.25, 0.3) is 0 Å². The van der Waals surface area contributed by atoms with Gasteiger partial charge in [-0.3, -0.25) is 4.79 Å². The van der Waals surface area contributed by atoms with E-state index in [1.807, 2.05) is 0 Å². The van der Waals surface area contributed by atoms with Crippen LogP contribution in [-0.4, -0.2) is 23.1 Å². The highest BCUT2D eigenvalue weighted by atomic mass is 35.5. The highest BCUT2D eigenvalue weighted by Gasteiger charge is 2.19. The number of carbonyl (C=O) groups excluding carboxylic acids is 1. The third-order valence-electron chi connectivity index (χ3n) is 2.69. The summed E-state index contributed by atoms with van der Waals surface area (Å²) in [7, 11) is 0. The minimum Gasteiger partial charge on any atom is -0.481 e. The van der Waals surface area contributed by atoms with Crippen LogP contribution in [0.15, 0.2) is 18.2 Å². The van der Waals surface area contributed by atoms with Gasteiger partial charge < -0.3 is 15.7 Å². The maximum atomic E-state index is 13.1. The molecule has 0 aliphatic rings. The number of carbonyl (C=O) groups is 2. The van der Waals surface area contributed by atoms with Crippen LogP contribution in [0.5, 0.6) is 0 Å². The van der Waals surface area contributed by atoms with Crippen LogP contribution in [0.3, 0.4) is 0 Å². The summed E-state index contributed by atoms with van der Waals surface area (Å²) < 4.78 is 13.1. The predicted octanol–water partition coefficient (Wildman–Crippen LogP) is 3.10. The fourth-order valence-electron chi connectivity index (χ4n) is 1.56. The van der Waals surface area contributed by atoms with E-state index in [9.17, 15) is 14.0 Å². The molecule has 0 saturated carbocycles. The van der Waals surface area contributed by atoms with Gasteiger partial charge in [-0.15, -0.1) is 0 Å². The SMILES string of the molecule is CC(C)C(CC(=O)O)NC(=O)Nc1cc(F)ccc1Cl. The van der Waals surface area contributed by atoms with Crippen LogP contribution >= 0.6 is 11.6 Å². The van der Waals surface area contributed by atoms with Crippen molar-refractivity contribution in [3.05, 3.63) is 29.0 Å². The Morgan fingerprint density at radius 1 is 1.40 bits per heavy atom. The molecule has 0 aromatic heterocycles. The molecule has 0 aliphatic carbocycles. The first-order chi connectivity index (χ1) is 9.29. The molecule has 110 valence electrons. The maximum absolute atomic E-state index is 13.1. The Hall–Kier alpha value is -1.82. The lowest BCUT2D eigenvalue weighted by Gasteiger charge is -2.21. The van der Waals surface area contributed by atoms with E-state index in [4.69, 9.17) is 16.7 Å². The van der Waals surface area contributed by atoms with Crippen LogP contribution in [0.4, 0.5) is 14.9 Å². The van der Waals surface area contributed by atoms with Gasteiger partial charge in [0.1, 0.15) is 5.82 Å². The molecule has 20 heavy (non-hydrogen) atoms. The monoisotopic (exact) mass is 302 g/mol. The Morgan fingerprint density at radius 3 is 2.60 bits per heavy atom. The molecule has 1 aromatic rings. The second kappa shape index (κ2) is 7.09. The summed E-state index contributed by atoms with van der Waals surface area (Å²) >= 11 is 5.82. The van der Waals surface area contributed by atoms with Gasteiger partial charge in [-0.1, -0.05) is 25.4 Å². The van der Waals surface area contributed by atoms with Crippen molar-refractivity contribution < 1.29 is 19.1 Å². The molecule has 0 spiro atoms. The van der Waals surface area contributed by atoms with E-state index in [0.29, 0.717) is 0 Å². The lowest BCUT2D eigenvalue weighted by Crippen LogP contribution is -2.42. The van der Waals surface area contributed by atoms with Gasteiger partial charge in [0.2, 0.25) is 0 Å². The third kappa shape index (κ3) is 5.05. The largest absolute Gasteiger partial charge is 0.481 e. The maximum Gasteiger partial charge on any atom is 0.319 e. The minimum absolute atomic E-state index is 0.0557. The number of hydrogen-bond donors (Lipinski definition) is 3.